The zero-order valence-electron chi connectivity index (χ0n) is 8.82. The molecule has 0 spiro atoms. The molecule has 0 aliphatic heterocycles. The van der Waals surface area contributed by atoms with E-state index in [4.69, 9.17) is 0 Å². The van der Waals surface area contributed by atoms with Crippen molar-refractivity contribution in [3.8, 4) is 0 Å². The van der Waals surface area contributed by atoms with Crippen molar-refractivity contribution in [1.82, 2.24) is 5.32 Å². The molecule has 0 fully saturated rings. The fourth-order valence-electron chi connectivity index (χ4n) is 1.13. The Labute approximate surface area is 87.8 Å². The molecular formula is C9H18F3NS. The van der Waals surface area contributed by atoms with E-state index in [-0.39, 0.29) is 29.5 Å². The Hall–Kier alpha value is 0.100. The van der Waals surface area contributed by atoms with Gasteiger partial charge in [0.25, 0.3) is 0 Å². The second-order valence-electron chi connectivity index (χ2n) is 3.41. The van der Waals surface area contributed by atoms with E-state index in [9.17, 15) is 13.2 Å². The van der Waals surface area contributed by atoms with Gasteiger partial charge in [0.1, 0.15) is 0 Å². The molecule has 0 saturated carbocycles. The zero-order chi connectivity index (χ0) is 11.2. The predicted octanol–water partition coefficient (Wildman–Crippen LogP) is 3.26. The van der Waals surface area contributed by atoms with Crippen molar-refractivity contribution >= 4 is 11.8 Å². The number of hydrogen-bond acceptors (Lipinski definition) is 2. The maximum atomic E-state index is 11.8. The van der Waals surface area contributed by atoms with Crippen molar-refractivity contribution in [3.05, 3.63) is 0 Å². The van der Waals surface area contributed by atoms with Crippen LogP contribution in [0.3, 0.4) is 0 Å². The Bertz CT molecular complexity index is 149. The molecule has 14 heavy (non-hydrogen) atoms. The molecule has 1 N–H and O–H groups in total. The van der Waals surface area contributed by atoms with Gasteiger partial charge in [0.2, 0.25) is 0 Å². The average molecular weight is 229 g/mol. The van der Waals surface area contributed by atoms with Gasteiger partial charge in [-0.2, -0.15) is 13.2 Å². The van der Waals surface area contributed by atoms with Crippen molar-refractivity contribution in [2.75, 3.05) is 12.3 Å². The Morgan fingerprint density at radius 3 is 2.29 bits per heavy atom. The van der Waals surface area contributed by atoms with Gasteiger partial charge >= 0.3 is 5.51 Å². The summed E-state index contributed by atoms with van der Waals surface area (Å²) in [5, 5.41) is 3.20. The molecule has 0 rings (SSSR count). The highest BCUT2D eigenvalue weighted by Gasteiger charge is 2.28. The Morgan fingerprint density at radius 1 is 1.29 bits per heavy atom. The summed E-state index contributed by atoms with van der Waals surface area (Å²) in [6, 6.07) is 0.286. The topological polar surface area (TPSA) is 12.0 Å². The van der Waals surface area contributed by atoms with Gasteiger partial charge in [-0.15, -0.1) is 0 Å². The average Bonchev–Trinajstić information content (AvgIpc) is 2.02. The van der Waals surface area contributed by atoms with Crippen LogP contribution in [0.1, 0.15) is 27.2 Å². The first kappa shape index (κ1) is 14.1. The smallest absolute Gasteiger partial charge is 0.314 e. The summed E-state index contributed by atoms with van der Waals surface area (Å²) in [6.45, 7) is 6.84. The van der Waals surface area contributed by atoms with E-state index in [0.717, 1.165) is 6.54 Å². The van der Waals surface area contributed by atoms with E-state index in [2.05, 4.69) is 5.32 Å². The van der Waals surface area contributed by atoms with Crippen LogP contribution in [-0.4, -0.2) is 23.8 Å². The standard InChI is InChI=1S/C9H18F3NS/c1-4-13-8(3)7(2)5-6-14-9(10,11)12/h7-8,13H,4-6H2,1-3H3. The fourth-order valence-corrected chi connectivity index (χ4v) is 1.85. The highest BCUT2D eigenvalue weighted by Crippen LogP contribution is 2.31. The van der Waals surface area contributed by atoms with Gasteiger partial charge in [0.05, 0.1) is 0 Å². The summed E-state index contributed by atoms with van der Waals surface area (Å²) in [6.07, 6.45) is 0.596. The number of hydrogen-bond donors (Lipinski definition) is 1. The first-order chi connectivity index (χ1) is 6.37. The minimum absolute atomic E-state index is 0.0696. The molecule has 2 unspecified atom stereocenters. The third-order valence-electron chi connectivity index (χ3n) is 2.22. The summed E-state index contributed by atoms with van der Waals surface area (Å²) in [7, 11) is 0. The molecule has 0 aliphatic carbocycles. The molecule has 0 aliphatic rings. The number of alkyl halides is 3. The van der Waals surface area contributed by atoms with Gasteiger partial charge in [0.15, 0.2) is 0 Å². The Balaban J connectivity index is 3.58. The molecule has 0 aromatic carbocycles. The molecule has 0 saturated heterocycles. The molecule has 0 aromatic rings. The first-order valence-electron chi connectivity index (χ1n) is 4.81. The summed E-state index contributed by atoms with van der Waals surface area (Å²) in [5.41, 5.74) is -4.08. The largest absolute Gasteiger partial charge is 0.441 e. The quantitative estimate of drug-likeness (QED) is 0.750. The van der Waals surface area contributed by atoms with Crippen molar-refractivity contribution in [2.24, 2.45) is 5.92 Å². The number of halogens is 3. The van der Waals surface area contributed by atoms with Crippen LogP contribution in [0, 0.1) is 5.92 Å². The van der Waals surface area contributed by atoms with Gasteiger partial charge in [-0.25, -0.2) is 0 Å². The maximum absolute atomic E-state index is 11.8. The lowest BCUT2D eigenvalue weighted by molar-refractivity contribution is -0.0328. The van der Waals surface area contributed by atoms with Crippen LogP contribution in [0.15, 0.2) is 0 Å². The third kappa shape index (κ3) is 7.50. The second kappa shape index (κ2) is 6.56. The van der Waals surface area contributed by atoms with Crippen LogP contribution < -0.4 is 5.32 Å². The van der Waals surface area contributed by atoms with E-state index in [0.29, 0.717) is 6.42 Å². The minimum atomic E-state index is -4.08. The van der Waals surface area contributed by atoms with Crippen molar-refractivity contribution in [2.45, 2.75) is 38.7 Å². The zero-order valence-corrected chi connectivity index (χ0v) is 9.63. The second-order valence-corrected chi connectivity index (χ2v) is 4.57. The van der Waals surface area contributed by atoms with E-state index in [1.807, 2.05) is 20.8 Å². The highest BCUT2D eigenvalue weighted by atomic mass is 32.2. The van der Waals surface area contributed by atoms with Crippen molar-refractivity contribution in [3.63, 3.8) is 0 Å². The summed E-state index contributed by atoms with van der Waals surface area (Å²) >= 11 is 0.0696. The number of nitrogens with one attached hydrogen (secondary N) is 1. The van der Waals surface area contributed by atoms with E-state index < -0.39 is 5.51 Å². The SMILES string of the molecule is CCNC(C)C(C)CCSC(F)(F)F. The molecule has 2 atom stereocenters. The predicted molar refractivity (Wildman–Crippen MR) is 55.4 cm³/mol. The van der Waals surface area contributed by atoms with Crippen LogP contribution in [0.4, 0.5) is 13.2 Å². The van der Waals surface area contributed by atoms with E-state index >= 15 is 0 Å². The molecule has 5 heteroatoms. The third-order valence-corrected chi connectivity index (χ3v) is 2.99. The normalized spacial score (nSPS) is 16.7. The van der Waals surface area contributed by atoms with Crippen molar-refractivity contribution < 1.29 is 13.2 Å². The molecule has 0 heterocycles. The monoisotopic (exact) mass is 229 g/mol. The molecule has 0 aromatic heterocycles. The van der Waals surface area contributed by atoms with Crippen LogP contribution in [0.2, 0.25) is 0 Å². The minimum Gasteiger partial charge on any atom is -0.314 e. The lowest BCUT2D eigenvalue weighted by Crippen LogP contribution is -2.32. The van der Waals surface area contributed by atoms with Gasteiger partial charge in [-0.05, 0) is 25.8 Å². The van der Waals surface area contributed by atoms with E-state index in [1.54, 1.807) is 0 Å². The maximum Gasteiger partial charge on any atom is 0.441 e. The lowest BCUT2D eigenvalue weighted by Gasteiger charge is -2.20. The first-order valence-corrected chi connectivity index (χ1v) is 5.79. The molecule has 0 amide bonds. The molecule has 0 bridgehead atoms. The summed E-state index contributed by atoms with van der Waals surface area (Å²) < 4.78 is 35.4. The van der Waals surface area contributed by atoms with Crippen LogP contribution >= 0.6 is 11.8 Å². The van der Waals surface area contributed by atoms with E-state index in [1.165, 1.54) is 0 Å². The van der Waals surface area contributed by atoms with Gasteiger partial charge < -0.3 is 5.32 Å². The van der Waals surface area contributed by atoms with Gasteiger partial charge in [-0.1, -0.05) is 25.6 Å². The van der Waals surface area contributed by atoms with Crippen molar-refractivity contribution in [1.29, 1.82) is 0 Å². The van der Waals surface area contributed by atoms with Crippen LogP contribution in [0.25, 0.3) is 0 Å². The number of thioether (sulfide) groups is 1. The molecule has 86 valence electrons. The summed E-state index contributed by atoms with van der Waals surface area (Å²) in [4.78, 5) is 0. The summed E-state index contributed by atoms with van der Waals surface area (Å²) in [5.74, 6) is 0.435. The fraction of sp³-hybridized carbons (Fsp3) is 1.00. The molecule has 1 nitrogen and oxygen atoms in total. The van der Waals surface area contributed by atoms with Gasteiger partial charge in [0, 0.05) is 11.8 Å². The van der Waals surface area contributed by atoms with Crippen LogP contribution in [0.5, 0.6) is 0 Å². The Morgan fingerprint density at radius 2 is 1.86 bits per heavy atom. The Kier molecular flexibility index (Phi) is 6.61. The van der Waals surface area contributed by atoms with Gasteiger partial charge in [-0.3, -0.25) is 0 Å². The molecule has 0 radical (unpaired) electrons. The van der Waals surface area contributed by atoms with Crippen LogP contribution in [-0.2, 0) is 0 Å². The number of rotatable bonds is 6. The molecular weight excluding hydrogens is 211 g/mol. The highest BCUT2D eigenvalue weighted by molar-refractivity contribution is 8.00. The lowest BCUT2D eigenvalue weighted by atomic mass is 10.0.